The molecule has 6 heteroatoms. The van der Waals surface area contributed by atoms with E-state index in [2.05, 4.69) is 37.4 Å². The molecule has 1 saturated heterocycles. The van der Waals surface area contributed by atoms with Crippen LogP contribution in [0.1, 0.15) is 23.9 Å². The molecule has 6 nitrogen and oxygen atoms in total. The summed E-state index contributed by atoms with van der Waals surface area (Å²) < 4.78 is 7.60. The molecule has 4 heterocycles. The Kier molecular flexibility index (Phi) is 4.67. The summed E-state index contributed by atoms with van der Waals surface area (Å²) in [5.41, 5.74) is 3.35. The molecule has 0 aromatic carbocycles. The van der Waals surface area contributed by atoms with Crippen LogP contribution in [0.15, 0.2) is 48.9 Å². The van der Waals surface area contributed by atoms with E-state index in [1.165, 1.54) is 5.69 Å². The molecule has 0 saturated carbocycles. The van der Waals surface area contributed by atoms with Crippen LogP contribution in [0.25, 0.3) is 11.4 Å². The van der Waals surface area contributed by atoms with Crippen LogP contribution in [0.3, 0.4) is 0 Å². The lowest BCUT2D eigenvalue weighted by Gasteiger charge is -2.19. The van der Waals surface area contributed by atoms with Gasteiger partial charge in [0.05, 0.1) is 12.8 Å². The number of hydrogen-bond acceptors (Lipinski definition) is 5. The van der Waals surface area contributed by atoms with E-state index in [4.69, 9.17) is 4.74 Å². The van der Waals surface area contributed by atoms with Gasteiger partial charge in [-0.05, 0) is 31.5 Å². The van der Waals surface area contributed by atoms with E-state index in [1.54, 1.807) is 7.11 Å². The predicted octanol–water partition coefficient (Wildman–Crippen LogP) is 3.10. The largest absolute Gasteiger partial charge is 0.481 e. The molecule has 0 spiro atoms. The van der Waals surface area contributed by atoms with Crippen molar-refractivity contribution >= 4 is 0 Å². The van der Waals surface area contributed by atoms with Crippen molar-refractivity contribution in [1.82, 2.24) is 24.4 Å². The number of nitrogens with zero attached hydrogens (tertiary/aromatic N) is 5. The third-order valence-corrected chi connectivity index (χ3v) is 4.91. The summed E-state index contributed by atoms with van der Waals surface area (Å²) in [5.74, 6) is 1.69. The number of aromatic nitrogens is 4. The van der Waals surface area contributed by atoms with Gasteiger partial charge >= 0.3 is 0 Å². The van der Waals surface area contributed by atoms with Gasteiger partial charge in [0, 0.05) is 61.6 Å². The molecule has 4 rings (SSSR count). The van der Waals surface area contributed by atoms with Crippen LogP contribution >= 0.6 is 0 Å². The van der Waals surface area contributed by atoms with Crippen LogP contribution in [-0.4, -0.2) is 44.6 Å². The van der Waals surface area contributed by atoms with Gasteiger partial charge in [0.15, 0.2) is 0 Å². The summed E-state index contributed by atoms with van der Waals surface area (Å²) in [4.78, 5) is 15.7. The predicted molar refractivity (Wildman–Crippen MR) is 99.9 cm³/mol. The molecule has 0 amide bonds. The lowest BCUT2D eigenvalue weighted by molar-refractivity contribution is 0.309. The third-order valence-electron chi connectivity index (χ3n) is 4.91. The fourth-order valence-corrected chi connectivity index (χ4v) is 3.68. The number of methoxy groups -OCH3 is 1. The number of likely N-dealkylation sites (tertiary alicyclic amines) is 1. The van der Waals surface area contributed by atoms with Gasteiger partial charge in [-0.1, -0.05) is 6.07 Å². The SMILES string of the molecule is COc1cccc(CN2CCC(n3c(C)cnc3-c3ccncc3)C2)n1. The fraction of sp³-hybridized carbons (Fsp3) is 0.350. The maximum Gasteiger partial charge on any atom is 0.213 e. The monoisotopic (exact) mass is 349 g/mol. The molecule has 0 bridgehead atoms. The summed E-state index contributed by atoms with van der Waals surface area (Å²) >= 11 is 0. The fourth-order valence-electron chi connectivity index (χ4n) is 3.68. The first-order valence-electron chi connectivity index (χ1n) is 8.91. The van der Waals surface area contributed by atoms with Crippen molar-refractivity contribution in [2.24, 2.45) is 0 Å². The smallest absolute Gasteiger partial charge is 0.213 e. The van der Waals surface area contributed by atoms with Gasteiger partial charge in [0.1, 0.15) is 5.82 Å². The van der Waals surface area contributed by atoms with E-state index in [0.717, 1.165) is 43.1 Å². The Morgan fingerprint density at radius 3 is 2.85 bits per heavy atom. The van der Waals surface area contributed by atoms with Crippen LogP contribution in [0.5, 0.6) is 5.88 Å². The van der Waals surface area contributed by atoms with Crippen LogP contribution in [0.2, 0.25) is 0 Å². The Hall–Kier alpha value is -2.73. The molecule has 3 aromatic rings. The Morgan fingerprint density at radius 1 is 1.19 bits per heavy atom. The van der Waals surface area contributed by atoms with Gasteiger partial charge in [-0.2, -0.15) is 0 Å². The maximum absolute atomic E-state index is 5.23. The summed E-state index contributed by atoms with van der Waals surface area (Å²) in [7, 11) is 1.65. The van der Waals surface area contributed by atoms with E-state index >= 15 is 0 Å². The zero-order chi connectivity index (χ0) is 17.9. The number of rotatable bonds is 5. The van der Waals surface area contributed by atoms with Gasteiger partial charge in [-0.3, -0.25) is 9.88 Å². The normalized spacial score (nSPS) is 17.5. The molecule has 0 N–H and O–H groups in total. The second-order valence-electron chi connectivity index (χ2n) is 6.68. The minimum Gasteiger partial charge on any atom is -0.481 e. The first kappa shape index (κ1) is 16.7. The van der Waals surface area contributed by atoms with E-state index in [1.807, 2.05) is 42.9 Å². The summed E-state index contributed by atoms with van der Waals surface area (Å²) in [6, 6.07) is 10.4. The lowest BCUT2D eigenvalue weighted by Crippen LogP contribution is -2.22. The summed E-state index contributed by atoms with van der Waals surface area (Å²) in [5, 5.41) is 0. The molecule has 1 aliphatic rings. The van der Waals surface area contributed by atoms with Crippen molar-refractivity contribution in [2.75, 3.05) is 20.2 Å². The standard InChI is InChI=1S/C20H23N5O/c1-15-12-22-20(16-6-9-21-10-7-16)25(15)18-8-11-24(14-18)13-17-4-3-5-19(23-17)26-2/h3-7,9-10,12,18H,8,11,13-14H2,1-2H3. The zero-order valence-electron chi connectivity index (χ0n) is 15.2. The van der Waals surface area contributed by atoms with Gasteiger partial charge in [-0.15, -0.1) is 0 Å². The Labute approximate surface area is 153 Å². The lowest BCUT2D eigenvalue weighted by atomic mass is 10.2. The molecule has 26 heavy (non-hydrogen) atoms. The second-order valence-corrected chi connectivity index (χ2v) is 6.68. The number of ether oxygens (including phenoxy) is 1. The molecular weight excluding hydrogens is 326 g/mol. The Morgan fingerprint density at radius 2 is 2.04 bits per heavy atom. The minimum absolute atomic E-state index is 0.422. The molecular formula is C20H23N5O. The number of hydrogen-bond donors (Lipinski definition) is 0. The molecule has 3 aromatic heterocycles. The van der Waals surface area contributed by atoms with E-state index in [-0.39, 0.29) is 0 Å². The van der Waals surface area contributed by atoms with Crippen molar-refractivity contribution in [3.8, 4) is 17.3 Å². The van der Waals surface area contributed by atoms with Crippen molar-refractivity contribution in [2.45, 2.75) is 25.9 Å². The highest BCUT2D eigenvalue weighted by molar-refractivity contribution is 5.55. The zero-order valence-corrected chi connectivity index (χ0v) is 15.2. The third kappa shape index (κ3) is 3.32. The van der Waals surface area contributed by atoms with Gasteiger partial charge in [0.25, 0.3) is 0 Å². The van der Waals surface area contributed by atoms with Gasteiger partial charge in [0.2, 0.25) is 5.88 Å². The molecule has 0 aliphatic carbocycles. The van der Waals surface area contributed by atoms with E-state index in [0.29, 0.717) is 11.9 Å². The summed E-state index contributed by atoms with van der Waals surface area (Å²) in [6.45, 7) is 5.02. The molecule has 1 aliphatic heterocycles. The number of aryl methyl sites for hydroxylation is 1. The van der Waals surface area contributed by atoms with Gasteiger partial charge < -0.3 is 9.30 Å². The number of pyridine rings is 2. The quantitative estimate of drug-likeness (QED) is 0.708. The topological polar surface area (TPSA) is 56.1 Å². The van der Waals surface area contributed by atoms with Gasteiger partial charge in [-0.25, -0.2) is 9.97 Å². The highest BCUT2D eigenvalue weighted by Gasteiger charge is 2.27. The van der Waals surface area contributed by atoms with Crippen molar-refractivity contribution < 1.29 is 4.74 Å². The minimum atomic E-state index is 0.422. The van der Waals surface area contributed by atoms with Crippen LogP contribution < -0.4 is 4.74 Å². The van der Waals surface area contributed by atoms with Crippen LogP contribution in [-0.2, 0) is 6.54 Å². The van der Waals surface area contributed by atoms with E-state index in [9.17, 15) is 0 Å². The molecule has 1 atom stereocenters. The average molecular weight is 349 g/mol. The summed E-state index contributed by atoms with van der Waals surface area (Å²) in [6.07, 6.45) is 6.71. The second kappa shape index (κ2) is 7.25. The maximum atomic E-state index is 5.23. The molecule has 1 unspecified atom stereocenters. The van der Waals surface area contributed by atoms with Crippen LogP contribution in [0.4, 0.5) is 0 Å². The van der Waals surface area contributed by atoms with Crippen molar-refractivity contribution in [1.29, 1.82) is 0 Å². The highest BCUT2D eigenvalue weighted by Crippen LogP contribution is 2.30. The highest BCUT2D eigenvalue weighted by atomic mass is 16.5. The first-order valence-corrected chi connectivity index (χ1v) is 8.91. The molecule has 1 fully saturated rings. The van der Waals surface area contributed by atoms with Crippen molar-refractivity contribution in [3.63, 3.8) is 0 Å². The Bertz CT molecular complexity index is 877. The Balaban J connectivity index is 1.52. The van der Waals surface area contributed by atoms with Crippen LogP contribution in [0, 0.1) is 6.92 Å². The first-order chi connectivity index (χ1) is 12.7. The molecule has 134 valence electrons. The molecule has 0 radical (unpaired) electrons. The average Bonchev–Trinajstić information content (AvgIpc) is 3.29. The van der Waals surface area contributed by atoms with E-state index < -0.39 is 0 Å². The number of imidazole rings is 1. The van der Waals surface area contributed by atoms with Crippen molar-refractivity contribution in [3.05, 3.63) is 60.3 Å².